The summed E-state index contributed by atoms with van der Waals surface area (Å²) < 4.78 is 27.5. The summed E-state index contributed by atoms with van der Waals surface area (Å²) in [5.74, 6) is 0. The second-order valence-electron chi connectivity index (χ2n) is 5.21. The van der Waals surface area contributed by atoms with Crippen LogP contribution in [0.3, 0.4) is 0 Å². The molecule has 118 valence electrons. The van der Waals surface area contributed by atoms with Crippen molar-refractivity contribution >= 4 is 38.0 Å². The van der Waals surface area contributed by atoms with Crippen molar-refractivity contribution in [3.8, 4) is 0 Å². The van der Waals surface area contributed by atoms with E-state index in [1.54, 1.807) is 37.3 Å². The molecular formula is C16H16N4O2S. The zero-order chi connectivity index (χ0) is 16.6. The molecule has 0 radical (unpaired) electrons. The molecule has 0 saturated heterocycles. The number of benzene rings is 2. The van der Waals surface area contributed by atoms with Crippen molar-refractivity contribution in [1.82, 2.24) is 4.98 Å². The number of pyridine rings is 1. The lowest BCUT2D eigenvalue weighted by Gasteiger charge is -2.12. The first kappa shape index (κ1) is 15.1. The van der Waals surface area contributed by atoms with Gasteiger partial charge in [0.05, 0.1) is 27.5 Å². The van der Waals surface area contributed by atoms with Crippen LogP contribution in [-0.2, 0) is 10.0 Å². The standard InChI is InChI=1S/C16H16N4O2S/c1-10-15(9-11-3-2-4-14(18)16(11)19-10)20-23(21,22)13-7-5-12(17)6-8-13/h2-9,20H,17-18H2,1H3. The van der Waals surface area contributed by atoms with Gasteiger partial charge >= 0.3 is 0 Å². The summed E-state index contributed by atoms with van der Waals surface area (Å²) in [7, 11) is -3.71. The van der Waals surface area contributed by atoms with Crippen LogP contribution in [-0.4, -0.2) is 13.4 Å². The van der Waals surface area contributed by atoms with E-state index in [2.05, 4.69) is 9.71 Å². The first-order valence-corrected chi connectivity index (χ1v) is 8.39. The lowest BCUT2D eigenvalue weighted by Crippen LogP contribution is -2.14. The smallest absolute Gasteiger partial charge is 0.261 e. The van der Waals surface area contributed by atoms with E-state index >= 15 is 0 Å². The van der Waals surface area contributed by atoms with E-state index in [1.165, 1.54) is 12.1 Å². The number of rotatable bonds is 3. The fraction of sp³-hybridized carbons (Fsp3) is 0.0625. The molecule has 0 aliphatic rings. The van der Waals surface area contributed by atoms with Gasteiger partial charge in [0.15, 0.2) is 0 Å². The van der Waals surface area contributed by atoms with Crippen LogP contribution in [0.15, 0.2) is 53.4 Å². The van der Waals surface area contributed by atoms with Crippen LogP contribution >= 0.6 is 0 Å². The number of anilines is 3. The zero-order valence-electron chi connectivity index (χ0n) is 12.4. The molecule has 23 heavy (non-hydrogen) atoms. The van der Waals surface area contributed by atoms with Gasteiger partial charge < -0.3 is 11.5 Å². The van der Waals surface area contributed by atoms with E-state index in [4.69, 9.17) is 11.5 Å². The highest BCUT2D eigenvalue weighted by molar-refractivity contribution is 7.92. The van der Waals surface area contributed by atoms with Gasteiger partial charge in [0.1, 0.15) is 0 Å². The summed E-state index contributed by atoms with van der Waals surface area (Å²) in [6.45, 7) is 1.73. The van der Waals surface area contributed by atoms with Crippen molar-refractivity contribution in [1.29, 1.82) is 0 Å². The third kappa shape index (κ3) is 2.91. The van der Waals surface area contributed by atoms with E-state index in [9.17, 15) is 8.42 Å². The molecular weight excluding hydrogens is 312 g/mol. The van der Waals surface area contributed by atoms with Crippen molar-refractivity contribution in [2.75, 3.05) is 16.2 Å². The molecule has 0 bridgehead atoms. The quantitative estimate of drug-likeness (QED) is 0.640. The summed E-state index contributed by atoms with van der Waals surface area (Å²) in [4.78, 5) is 4.53. The number of nitrogens with two attached hydrogens (primary N) is 2. The Kier molecular flexibility index (Phi) is 3.57. The molecule has 0 unspecified atom stereocenters. The van der Waals surface area contributed by atoms with Crippen molar-refractivity contribution in [3.63, 3.8) is 0 Å². The van der Waals surface area contributed by atoms with Crippen molar-refractivity contribution in [2.45, 2.75) is 11.8 Å². The SMILES string of the molecule is Cc1nc2c(N)cccc2cc1NS(=O)(=O)c1ccc(N)cc1. The number of nitrogens with one attached hydrogen (secondary N) is 1. The summed E-state index contributed by atoms with van der Waals surface area (Å²) >= 11 is 0. The predicted molar refractivity (Wildman–Crippen MR) is 92.6 cm³/mol. The van der Waals surface area contributed by atoms with Gasteiger partial charge in [0.2, 0.25) is 0 Å². The van der Waals surface area contributed by atoms with Crippen molar-refractivity contribution < 1.29 is 8.42 Å². The molecule has 2 aromatic carbocycles. The molecule has 6 nitrogen and oxygen atoms in total. The zero-order valence-corrected chi connectivity index (χ0v) is 13.3. The molecule has 3 aromatic rings. The van der Waals surface area contributed by atoms with Crippen molar-refractivity contribution in [3.05, 3.63) is 54.2 Å². The van der Waals surface area contributed by atoms with Crippen LogP contribution in [0.1, 0.15) is 5.69 Å². The molecule has 0 fully saturated rings. The highest BCUT2D eigenvalue weighted by Crippen LogP contribution is 2.26. The second kappa shape index (κ2) is 5.44. The Bertz CT molecular complexity index is 983. The van der Waals surface area contributed by atoms with Gasteiger partial charge in [-0.25, -0.2) is 13.4 Å². The molecule has 1 heterocycles. The Hall–Kier alpha value is -2.80. The Balaban J connectivity index is 2.04. The number of hydrogen-bond acceptors (Lipinski definition) is 5. The number of para-hydroxylation sites is 1. The topological polar surface area (TPSA) is 111 Å². The molecule has 0 aliphatic carbocycles. The molecule has 5 N–H and O–H groups in total. The number of hydrogen-bond donors (Lipinski definition) is 3. The van der Waals surface area contributed by atoms with E-state index in [1.807, 2.05) is 6.07 Å². The maximum absolute atomic E-state index is 12.5. The van der Waals surface area contributed by atoms with Crippen molar-refractivity contribution in [2.24, 2.45) is 0 Å². The molecule has 0 amide bonds. The normalized spacial score (nSPS) is 11.5. The third-order valence-corrected chi connectivity index (χ3v) is 4.88. The third-order valence-electron chi connectivity index (χ3n) is 3.50. The van der Waals surface area contributed by atoms with Gasteiger partial charge in [-0.1, -0.05) is 12.1 Å². The number of sulfonamides is 1. The highest BCUT2D eigenvalue weighted by atomic mass is 32.2. The van der Waals surface area contributed by atoms with Gasteiger partial charge in [0.25, 0.3) is 10.0 Å². The lowest BCUT2D eigenvalue weighted by molar-refractivity contribution is 0.601. The number of nitrogens with zero attached hydrogens (tertiary/aromatic N) is 1. The fourth-order valence-corrected chi connectivity index (χ4v) is 3.38. The van der Waals surface area contributed by atoms with Crippen LogP contribution in [0.25, 0.3) is 10.9 Å². The lowest BCUT2D eigenvalue weighted by atomic mass is 10.1. The summed E-state index contributed by atoms with van der Waals surface area (Å²) in [5, 5.41) is 0.769. The van der Waals surface area contributed by atoms with Crippen LogP contribution in [0.4, 0.5) is 17.1 Å². The van der Waals surface area contributed by atoms with Gasteiger partial charge in [-0.3, -0.25) is 4.72 Å². The molecule has 3 rings (SSSR count). The van der Waals surface area contributed by atoms with Gasteiger partial charge in [-0.2, -0.15) is 0 Å². The Morgan fingerprint density at radius 2 is 1.74 bits per heavy atom. The summed E-state index contributed by atoms with van der Waals surface area (Å²) in [6, 6.07) is 13.1. The van der Waals surface area contributed by atoms with Crippen LogP contribution in [0, 0.1) is 6.92 Å². The highest BCUT2D eigenvalue weighted by Gasteiger charge is 2.16. The van der Waals surface area contributed by atoms with Gasteiger partial charge in [0, 0.05) is 11.1 Å². The first-order chi connectivity index (χ1) is 10.9. The van der Waals surface area contributed by atoms with E-state index in [0.29, 0.717) is 28.3 Å². The van der Waals surface area contributed by atoms with Crippen LogP contribution in [0.2, 0.25) is 0 Å². The molecule has 0 spiro atoms. The number of fused-ring (bicyclic) bond motifs is 1. The van der Waals surface area contributed by atoms with Gasteiger partial charge in [-0.15, -0.1) is 0 Å². The molecule has 0 atom stereocenters. The van der Waals surface area contributed by atoms with Crippen LogP contribution in [0.5, 0.6) is 0 Å². The largest absolute Gasteiger partial charge is 0.399 e. The molecule has 7 heteroatoms. The monoisotopic (exact) mass is 328 g/mol. The minimum atomic E-state index is -3.71. The second-order valence-corrected chi connectivity index (χ2v) is 6.90. The summed E-state index contributed by atoms with van der Waals surface area (Å²) in [5.41, 5.74) is 14.2. The number of nitrogen functional groups attached to an aromatic ring is 2. The average molecular weight is 328 g/mol. The molecule has 0 saturated carbocycles. The minimum absolute atomic E-state index is 0.138. The maximum atomic E-state index is 12.5. The summed E-state index contributed by atoms with van der Waals surface area (Å²) in [6.07, 6.45) is 0. The Morgan fingerprint density at radius 3 is 2.43 bits per heavy atom. The minimum Gasteiger partial charge on any atom is -0.399 e. The van der Waals surface area contributed by atoms with Crippen LogP contribution < -0.4 is 16.2 Å². The van der Waals surface area contributed by atoms with E-state index in [-0.39, 0.29) is 4.90 Å². The first-order valence-electron chi connectivity index (χ1n) is 6.91. The van der Waals surface area contributed by atoms with E-state index in [0.717, 1.165) is 5.39 Å². The fourth-order valence-electron chi connectivity index (χ4n) is 2.27. The number of aromatic nitrogens is 1. The Labute approximate surface area is 134 Å². The van der Waals surface area contributed by atoms with Gasteiger partial charge in [-0.05, 0) is 43.3 Å². The average Bonchev–Trinajstić information content (AvgIpc) is 2.49. The predicted octanol–water partition coefficient (Wildman–Crippen LogP) is 2.51. The number of aryl methyl sites for hydroxylation is 1. The Morgan fingerprint density at radius 1 is 1.04 bits per heavy atom. The molecule has 0 aliphatic heterocycles. The maximum Gasteiger partial charge on any atom is 0.261 e. The van der Waals surface area contributed by atoms with E-state index < -0.39 is 10.0 Å². The molecule has 1 aromatic heterocycles.